The molecule has 6 aliphatic rings. The SMILES string of the molecule is CC/C=C/[C@H]1CC[C@@]2(CC3CC[C@@H]4[C@H](C(=O)OC(CC)CCCCCCCCCCCCC[C@@]5(CCC)O[C@](O)(CCN)[C@H](O)N(CCCN)C5=O)[C@]5(CCC[C@@H](C)O5)N=C(N2)N34)O1. The van der Waals surface area contributed by atoms with Gasteiger partial charge in [0.2, 0.25) is 5.79 Å². The first-order valence-electron chi connectivity index (χ1n) is 26.1. The number of guanidine groups is 1. The number of ether oxygens (including phenoxy) is 4. The van der Waals surface area contributed by atoms with Crippen molar-refractivity contribution >= 4 is 17.8 Å². The molecule has 14 nitrogen and oxygen atoms in total. The van der Waals surface area contributed by atoms with E-state index in [-0.39, 0.29) is 61.8 Å². The normalized spacial score (nSPS) is 35.3. The first kappa shape index (κ1) is 51.1. The van der Waals surface area contributed by atoms with Crippen molar-refractivity contribution in [3.05, 3.63) is 12.2 Å². The molecule has 5 saturated heterocycles. The van der Waals surface area contributed by atoms with E-state index in [0.717, 1.165) is 122 Å². The standard InChI is InChI=1S/C50H88N6O8/c1-5-8-23-40-27-31-48(63-40)36-38-25-26-41-42(49(30-20-22-37(4)62-49)54-46(53-48)56(38)41)43(57)61-39(7-3)24-18-16-14-12-10-9-11-13-15-17-19-29-47(28-6-2)44(58)55(35-21-33-51)45(59)50(60,64-47)32-34-52/h8,23,37-42,45,59-60H,5-7,9-22,24-36,51-52H2,1-4H3,(H,53,54)/b23-8+/t37-,38?,39?,40+,41-,42-,45+,47-,48+,49-,50-/m1/s1. The van der Waals surface area contributed by atoms with Crippen LogP contribution in [0.1, 0.15) is 201 Å². The topological polar surface area (TPSA) is 194 Å². The summed E-state index contributed by atoms with van der Waals surface area (Å²) in [6.07, 6.45) is 27.7. The van der Waals surface area contributed by atoms with Gasteiger partial charge < -0.3 is 55.7 Å². The minimum Gasteiger partial charge on any atom is -0.462 e. The average molecular weight is 901 g/mol. The number of carbonyl (C=O) groups excluding carboxylic acids is 2. The van der Waals surface area contributed by atoms with Gasteiger partial charge in [-0.3, -0.25) is 9.59 Å². The molecule has 11 atom stereocenters. The van der Waals surface area contributed by atoms with Crippen LogP contribution in [-0.2, 0) is 28.5 Å². The van der Waals surface area contributed by atoms with E-state index in [1.807, 2.05) is 6.92 Å². The summed E-state index contributed by atoms with van der Waals surface area (Å²) in [6.45, 7) is 9.20. The molecule has 6 rings (SSSR count). The molecule has 0 aromatic rings. The number of nitrogens with one attached hydrogen (secondary N) is 1. The van der Waals surface area contributed by atoms with Gasteiger partial charge in [-0.1, -0.05) is 104 Å². The Labute approximate surface area is 385 Å². The molecule has 1 amide bonds. The molecule has 0 aromatic carbocycles. The van der Waals surface area contributed by atoms with Crippen LogP contribution in [-0.4, -0.2) is 117 Å². The number of esters is 1. The zero-order valence-corrected chi connectivity index (χ0v) is 40.2. The fourth-order valence-corrected chi connectivity index (χ4v) is 12.0. The van der Waals surface area contributed by atoms with Crippen molar-refractivity contribution in [1.29, 1.82) is 0 Å². The average Bonchev–Trinajstić information content (AvgIpc) is 3.87. The van der Waals surface area contributed by atoms with Crippen LogP contribution >= 0.6 is 0 Å². The molecule has 2 spiro atoms. The predicted molar refractivity (Wildman–Crippen MR) is 250 cm³/mol. The summed E-state index contributed by atoms with van der Waals surface area (Å²) in [4.78, 5) is 37.3. The maximum absolute atomic E-state index is 14.5. The number of hydrogen-bond donors (Lipinski definition) is 5. The number of rotatable bonds is 26. The fourth-order valence-electron chi connectivity index (χ4n) is 12.0. The highest BCUT2D eigenvalue weighted by Gasteiger charge is 2.63. The van der Waals surface area contributed by atoms with Crippen LogP contribution in [0, 0.1) is 5.92 Å². The first-order chi connectivity index (χ1) is 30.9. The third-order valence-electron chi connectivity index (χ3n) is 15.3. The lowest BCUT2D eigenvalue weighted by Gasteiger charge is -2.54. The second-order valence-electron chi connectivity index (χ2n) is 20.3. The van der Waals surface area contributed by atoms with Crippen molar-refractivity contribution in [3.63, 3.8) is 0 Å². The maximum Gasteiger partial charge on any atom is 0.316 e. The molecule has 7 N–H and O–H groups in total. The highest BCUT2D eigenvalue weighted by atomic mass is 16.7. The number of amides is 1. The fraction of sp³-hybridized carbons (Fsp3) is 0.900. The van der Waals surface area contributed by atoms with Crippen LogP contribution in [0.2, 0.25) is 0 Å². The van der Waals surface area contributed by atoms with Crippen molar-refractivity contribution in [1.82, 2.24) is 15.1 Å². The highest BCUT2D eigenvalue weighted by Crippen LogP contribution is 2.51. The monoisotopic (exact) mass is 901 g/mol. The van der Waals surface area contributed by atoms with Crippen molar-refractivity contribution < 1.29 is 38.7 Å². The van der Waals surface area contributed by atoms with Crippen LogP contribution in [0.4, 0.5) is 0 Å². The summed E-state index contributed by atoms with van der Waals surface area (Å²) in [5.41, 5.74) is 9.01. The number of hydrogen-bond acceptors (Lipinski definition) is 13. The Bertz CT molecular complexity index is 1550. The van der Waals surface area contributed by atoms with E-state index >= 15 is 0 Å². The second-order valence-corrected chi connectivity index (χ2v) is 20.3. The van der Waals surface area contributed by atoms with Gasteiger partial charge in [-0.05, 0) is 110 Å². The zero-order chi connectivity index (χ0) is 45.8. The summed E-state index contributed by atoms with van der Waals surface area (Å²) in [5.74, 6) is -1.86. The molecular weight excluding hydrogens is 813 g/mol. The lowest BCUT2D eigenvalue weighted by Crippen LogP contribution is -2.70. The van der Waals surface area contributed by atoms with Crippen LogP contribution in [0.15, 0.2) is 17.1 Å². The van der Waals surface area contributed by atoms with E-state index < -0.39 is 35.0 Å². The Balaban J connectivity index is 0.900. The Morgan fingerprint density at radius 3 is 2.30 bits per heavy atom. The maximum atomic E-state index is 14.5. The van der Waals surface area contributed by atoms with Crippen molar-refractivity contribution in [2.75, 3.05) is 19.6 Å². The van der Waals surface area contributed by atoms with Crippen molar-refractivity contribution in [2.24, 2.45) is 22.4 Å². The summed E-state index contributed by atoms with van der Waals surface area (Å²) in [6, 6.07) is 0.295. The lowest BCUT2D eigenvalue weighted by atomic mass is 9.80. The largest absolute Gasteiger partial charge is 0.462 e. The number of unbranched alkanes of at least 4 members (excludes halogenated alkanes) is 10. The molecule has 64 heavy (non-hydrogen) atoms. The molecule has 5 fully saturated rings. The van der Waals surface area contributed by atoms with E-state index in [1.54, 1.807) is 0 Å². The number of aliphatic imine (C=N–C) groups is 1. The van der Waals surface area contributed by atoms with Crippen molar-refractivity contribution in [3.8, 4) is 0 Å². The number of allylic oxidation sites excluding steroid dienone is 1. The molecule has 14 heteroatoms. The smallest absolute Gasteiger partial charge is 0.316 e. The van der Waals surface area contributed by atoms with Gasteiger partial charge in [-0.15, -0.1) is 0 Å². The molecule has 366 valence electrons. The molecule has 0 radical (unpaired) electrons. The van der Waals surface area contributed by atoms with Gasteiger partial charge in [-0.25, -0.2) is 4.99 Å². The van der Waals surface area contributed by atoms with Crippen LogP contribution < -0.4 is 16.8 Å². The van der Waals surface area contributed by atoms with Crippen molar-refractivity contribution in [2.45, 2.75) is 261 Å². The first-order valence-corrected chi connectivity index (χ1v) is 26.1. The number of morpholine rings is 1. The van der Waals surface area contributed by atoms with Gasteiger partial charge in [0, 0.05) is 25.4 Å². The number of aliphatic hydroxyl groups excluding tert-OH is 1. The summed E-state index contributed by atoms with van der Waals surface area (Å²) in [7, 11) is 0. The predicted octanol–water partition coefficient (Wildman–Crippen LogP) is 7.42. The Kier molecular flexibility index (Phi) is 18.8. The highest BCUT2D eigenvalue weighted by molar-refractivity contribution is 5.87. The molecule has 0 aliphatic carbocycles. The van der Waals surface area contributed by atoms with Gasteiger partial charge in [0.1, 0.15) is 17.7 Å². The summed E-state index contributed by atoms with van der Waals surface area (Å²) >= 11 is 0. The van der Waals surface area contributed by atoms with E-state index in [1.165, 1.54) is 37.0 Å². The van der Waals surface area contributed by atoms with Crippen LogP contribution in [0.5, 0.6) is 0 Å². The molecule has 0 aromatic heterocycles. The second kappa shape index (κ2) is 23.6. The number of nitrogens with zero attached hydrogens (tertiary/aromatic N) is 3. The van der Waals surface area contributed by atoms with Gasteiger partial charge in [0.25, 0.3) is 5.91 Å². The molecular formula is C50H88N6O8. The number of aliphatic hydroxyl groups is 2. The van der Waals surface area contributed by atoms with Gasteiger partial charge >= 0.3 is 5.97 Å². The van der Waals surface area contributed by atoms with Crippen LogP contribution in [0.3, 0.4) is 0 Å². The lowest BCUT2D eigenvalue weighted by molar-refractivity contribution is -0.350. The molecule has 6 heterocycles. The minimum atomic E-state index is -1.89. The minimum absolute atomic E-state index is 0.00745. The third kappa shape index (κ3) is 11.8. The van der Waals surface area contributed by atoms with E-state index in [9.17, 15) is 19.8 Å². The third-order valence-corrected chi connectivity index (χ3v) is 15.3. The van der Waals surface area contributed by atoms with Crippen LogP contribution in [0.25, 0.3) is 0 Å². The van der Waals surface area contributed by atoms with Gasteiger partial charge in [0.15, 0.2) is 23.5 Å². The number of nitrogens with two attached hydrogens (primary N) is 2. The Morgan fingerprint density at radius 2 is 1.64 bits per heavy atom. The van der Waals surface area contributed by atoms with E-state index in [4.69, 9.17) is 35.4 Å². The van der Waals surface area contributed by atoms with Gasteiger partial charge in [0.05, 0.1) is 18.2 Å². The molecule has 0 saturated carbocycles. The zero-order valence-electron chi connectivity index (χ0n) is 40.2. The number of carbonyl (C=O) groups is 2. The van der Waals surface area contributed by atoms with Gasteiger partial charge in [-0.2, -0.15) is 0 Å². The van der Waals surface area contributed by atoms with E-state index in [0.29, 0.717) is 25.8 Å². The Hall–Kier alpha value is -2.33. The quantitative estimate of drug-likeness (QED) is 0.0328. The summed E-state index contributed by atoms with van der Waals surface area (Å²) < 4.78 is 26.1. The Morgan fingerprint density at radius 1 is 0.922 bits per heavy atom. The molecule has 6 aliphatic heterocycles. The summed E-state index contributed by atoms with van der Waals surface area (Å²) in [5, 5.41) is 26.0. The molecule has 0 bridgehead atoms. The molecule has 2 unspecified atom stereocenters. The van der Waals surface area contributed by atoms with E-state index in [2.05, 4.69) is 43.1 Å².